The predicted molar refractivity (Wildman–Crippen MR) is 96.6 cm³/mol. The van der Waals surface area contributed by atoms with E-state index in [0.29, 0.717) is 10.0 Å². The first kappa shape index (κ1) is 21.3. The van der Waals surface area contributed by atoms with Crippen LogP contribution < -0.4 is 5.32 Å². The summed E-state index contributed by atoms with van der Waals surface area (Å²) < 4.78 is 0. The highest BCUT2D eigenvalue weighted by Gasteiger charge is 2.11. The van der Waals surface area contributed by atoms with E-state index in [0.717, 1.165) is 51.4 Å². The van der Waals surface area contributed by atoms with Crippen LogP contribution >= 0.6 is 48.0 Å². The van der Waals surface area contributed by atoms with Crippen molar-refractivity contribution in [2.24, 2.45) is 0 Å². The number of likely N-dealkylation sites (N-methyl/N-ethyl adjacent to an activating group) is 1. The van der Waals surface area contributed by atoms with Gasteiger partial charge in [0, 0.05) is 45.8 Å². The fourth-order valence-corrected chi connectivity index (χ4v) is 2.67. The van der Waals surface area contributed by atoms with E-state index in [1.807, 2.05) is 18.2 Å². The molecule has 1 fully saturated rings. The van der Waals surface area contributed by atoms with Gasteiger partial charge >= 0.3 is 0 Å². The van der Waals surface area contributed by atoms with Gasteiger partial charge in [0.2, 0.25) is 0 Å². The Labute approximate surface area is 149 Å². The lowest BCUT2D eigenvalue weighted by molar-refractivity contribution is 0.202. The number of nitrogens with one attached hydrogen (secondary N) is 1. The van der Waals surface area contributed by atoms with Crippen LogP contribution in [0.2, 0.25) is 10.0 Å². The number of halogens is 4. The predicted octanol–water partition coefficient (Wildman–Crippen LogP) is 3.17. The molecule has 0 atom stereocenters. The first-order valence-corrected chi connectivity index (χ1v) is 7.47. The van der Waals surface area contributed by atoms with Crippen molar-refractivity contribution in [1.82, 2.24) is 15.1 Å². The van der Waals surface area contributed by atoms with Gasteiger partial charge in [-0.1, -0.05) is 35.3 Å². The summed E-state index contributed by atoms with van der Waals surface area (Å²) in [5.41, 5.74) is 1.09. The van der Waals surface area contributed by atoms with Crippen LogP contribution in [0, 0.1) is 0 Å². The van der Waals surface area contributed by atoms with Gasteiger partial charge < -0.3 is 10.2 Å². The summed E-state index contributed by atoms with van der Waals surface area (Å²) in [6.45, 7) is 7.48. The summed E-state index contributed by atoms with van der Waals surface area (Å²) in [5.74, 6) is 0. The molecule has 3 nitrogen and oxygen atoms in total. The largest absolute Gasteiger partial charge is 0.314 e. The van der Waals surface area contributed by atoms with Crippen molar-refractivity contribution in [3.05, 3.63) is 33.8 Å². The van der Waals surface area contributed by atoms with Gasteiger partial charge in [-0.3, -0.25) is 4.90 Å². The molecule has 1 N–H and O–H groups in total. The number of rotatable bonds is 5. The summed E-state index contributed by atoms with van der Waals surface area (Å²) in [6.07, 6.45) is 0. The fourth-order valence-electron chi connectivity index (χ4n) is 2.29. The Kier molecular flexibility index (Phi) is 11.0. The van der Waals surface area contributed by atoms with Gasteiger partial charge in [0.05, 0.1) is 10.0 Å². The maximum atomic E-state index is 6.21. The Bertz CT molecular complexity index is 411. The average Bonchev–Trinajstić information content (AvgIpc) is 2.43. The van der Waals surface area contributed by atoms with Crippen molar-refractivity contribution in [3.8, 4) is 0 Å². The maximum Gasteiger partial charge on any atom is 0.0637 e. The quantitative estimate of drug-likeness (QED) is 0.853. The Morgan fingerprint density at radius 2 is 1.86 bits per heavy atom. The monoisotopic (exact) mass is 373 g/mol. The molecule has 1 saturated heterocycles. The fraction of sp³-hybridized carbons (Fsp3) is 0.571. The van der Waals surface area contributed by atoms with E-state index in [1.54, 1.807) is 0 Å². The van der Waals surface area contributed by atoms with Gasteiger partial charge in [0.15, 0.2) is 0 Å². The molecule has 2 rings (SSSR count). The van der Waals surface area contributed by atoms with E-state index >= 15 is 0 Å². The van der Waals surface area contributed by atoms with Crippen LogP contribution in [0.25, 0.3) is 0 Å². The Balaban J connectivity index is 0.00000200. The van der Waals surface area contributed by atoms with E-state index in [9.17, 15) is 0 Å². The third kappa shape index (κ3) is 6.91. The minimum absolute atomic E-state index is 0. The molecule has 0 unspecified atom stereocenters. The van der Waals surface area contributed by atoms with Gasteiger partial charge in [-0.25, -0.2) is 0 Å². The molecule has 1 aromatic rings. The summed E-state index contributed by atoms with van der Waals surface area (Å²) >= 11 is 12.2. The van der Waals surface area contributed by atoms with Crippen molar-refractivity contribution in [3.63, 3.8) is 0 Å². The second-order valence-electron chi connectivity index (χ2n) is 5.04. The zero-order chi connectivity index (χ0) is 13.7. The van der Waals surface area contributed by atoms with Crippen LogP contribution in [0.1, 0.15) is 5.56 Å². The van der Waals surface area contributed by atoms with Gasteiger partial charge in [-0.2, -0.15) is 0 Å². The Morgan fingerprint density at radius 3 is 2.52 bits per heavy atom. The lowest BCUT2D eigenvalue weighted by Gasteiger charge is -2.29. The molecule has 0 radical (unpaired) electrons. The highest BCUT2D eigenvalue weighted by molar-refractivity contribution is 6.42. The third-order valence-corrected chi connectivity index (χ3v) is 4.34. The van der Waals surface area contributed by atoms with Crippen molar-refractivity contribution >= 4 is 48.0 Å². The molecule has 0 amide bonds. The molecule has 1 aliphatic rings. The zero-order valence-electron chi connectivity index (χ0n) is 12.1. The van der Waals surface area contributed by atoms with Crippen molar-refractivity contribution in [1.29, 1.82) is 0 Å². The van der Waals surface area contributed by atoms with E-state index < -0.39 is 0 Å². The van der Waals surface area contributed by atoms with Crippen LogP contribution in [-0.2, 0) is 6.54 Å². The third-order valence-electron chi connectivity index (χ3n) is 3.48. The molecular formula is C14H23Cl4N3. The Morgan fingerprint density at radius 1 is 1.19 bits per heavy atom. The molecule has 0 bridgehead atoms. The molecule has 0 spiro atoms. The number of nitrogens with zero attached hydrogens (tertiary/aromatic N) is 2. The normalized spacial score (nSPS) is 15.4. The first-order valence-electron chi connectivity index (χ1n) is 6.71. The van der Waals surface area contributed by atoms with Gasteiger partial charge in [0.25, 0.3) is 0 Å². The standard InChI is InChI=1S/C14H21Cl2N3.2ClH/c1-18(9-10-19-7-5-17-6-8-19)11-12-3-2-4-13(15)14(12)16;;/h2-4,17H,5-11H2,1H3;2*1H. The number of hydrogen-bond donors (Lipinski definition) is 1. The van der Waals surface area contributed by atoms with Gasteiger partial charge in [-0.15, -0.1) is 24.8 Å². The van der Waals surface area contributed by atoms with E-state index in [-0.39, 0.29) is 24.8 Å². The second kappa shape index (κ2) is 10.9. The van der Waals surface area contributed by atoms with Crippen molar-refractivity contribution in [2.45, 2.75) is 6.54 Å². The van der Waals surface area contributed by atoms with Crippen LogP contribution in [-0.4, -0.2) is 56.1 Å². The average molecular weight is 375 g/mol. The second-order valence-corrected chi connectivity index (χ2v) is 5.83. The molecule has 1 aliphatic heterocycles. The molecule has 0 aliphatic carbocycles. The molecule has 21 heavy (non-hydrogen) atoms. The summed E-state index contributed by atoms with van der Waals surface area (Å²) in [5, 5.41) is 4.68. The van der Waals surface area contributed by atoms with Crippen molar-refractivity contribution in [2.75, 3.05) is 46.3 Å². The lowest BCUT2D eigenvalue weighted by Crippen LogP contribution is -2.45. The summed E-state index contributed by atoms with van der Waals surface area (Å²) in [4.78, 5) is 4.78. The minimum atomic E-state index is 0. The highest BCUT2D eigenvalue weighted by Crippen LogP contribution is 2.26. The number of piperazine rings is 1. The zero-order valence-corrected chi connectivity index (χ0v) is 15.3. The van der Waals surface area contributed by atoms with Crippen LogP contribution in [0.5, 0.6) is 0 Å². The van der Waals surface area contributed by atoms with Crippen LogP contribution in [0.15, 0.2) is 18.2 Å². The molecular weight excluding hydrogens is 352 g/mol. The number of hydrogen-bond acceptors (Lipinski definition) is 3. The Hall–Kier alpha value is 0.260. The molecule has 122 valence electrons. The SMILES string of the molecule is CN(CCN1CCNCC1)Cc1cccc(Cl)c1Cl.Cl.Cl. The highest BCUT2D eigenvalue weighted by atomic mass is 35.5. The summed E-state index contributed by atoms with van der Waals surface area (Å²) in [7, 11) is 2.12. The smallest absolute Gasteiger partial charge is 0.0637 e. The van der Waals surface area contributed by atoms with E-state index in [2.05, 4.69) is 22.2 Å². The molecule has 7 heteroatoms. The van der Waals surface area contributed by atoms with Crippen molar-refractivity contribution < 1.29 is 0 Å². The maximum absolute atomic E-state index is 6.21. The molecule has 0 saturated carbocycles. The minimum Gasteiger partial charge on any atom is -0.314 e. The van der Waals surface area contributed by atoms with Crippen LogP contribution in [0.4, 0.5) is 0 Å². The van der Waals surface area contributed by atoms with E-state index in [4.69, 9.17) is 23.2 Å². The summed E-state index contributed by atoms with van der Waals surface area (Å²) in [6, 6.07) is 5.82. The molecule has 1 heterocycles. The molecule has 0 aromatic heterocycles. The lowest BCUT2D eigenvalue weighted by atomic mass is 10.2. The molecule has 1 aromatic carbocycles. The van der Waals surface area contributed by atoms with Gasteiger partial charge in [0.1, 0.15) is 0 Å². The number of benzene rings is 1. The van der Waals surface area contributed by atoms with Gasteiger partial charge in [-0.05, 0) is 18.7 Å². The van der Waals surface area contributed by atoms with E-state index in [1.165, 1.54) is 0 Å². The first-order chi connectivity index (χ1) is 9.16. The topological polar surface area (TPSA) is 18.5 Å². The van der Waals surface area contributed by atoms with Crippen LogP contribution in [0.3, 0.4) is 0 Å².